The summed E-state index contributed by atoms with van der Waals surface area (Å²) in [6.07, 6.45) is 8.02. The van der Waals surface area contributed by atoms with Gasteiger partial charge in [-0.1, -0.05) is 12.7 Å². The van der Waals surface area contributed by atoms with Gasteiger partial charge in [-0.15, -0.1) is 0 Å². The maximum absolute atomic E-state index is 14.9. The topological polar surface area (TPSA) is 98.1 Å². The fourth-order valence-corrected chi connectivity index (χ4v) is 3.82. The highest BCUT2D eigenvalue weighted by atomic mass is 19.1. The van der Waals surface area contributed by atoms with Crippen LogP contribution < -0.4 is 10.1 Å². The molecule has 2 aromatic carbocycles. The average Bonchev–Trinajstić information content (AvgIpc) is 3.29. The number of rotatable bonds is 8. The first kappa shape index (κ1) is 24.6. The second-order valence-corrected chi connectivity index (χ2v) is 8.53. The molecule has 0 saturated heterocycles. The Kier molecular flexibility index (Phi) is 6.77. The van der Waals surface area contributed by atoms with Crippen LogP contribution in [-0.2, 0) is 11.8 Å². The van der Waals surface area contributed by atoms with E-state index in [4.69, 9.17) is 4.74 Å². The number of anilines is 2. The molecule has 0 spiro atoms. The van der Waals surface area contributed by atoms with Gasteiger partial charge in [-0.2, -0.15) is 0 Å². The second kappa shape index (κ2) is 10.5. The van der Waals surface area contributed by atoms with E-state index in [1.807, 2.05) is 35.9 Å². The lowest BCUT2D eigenvalue weighted by molar-refractivity contribution is -0.124. The first-order valence-electron chi connectivity index (χ1n) is 11.7. The Morgan fingerprint density at radius 1 is 1.13 bits per heavy atom. The number of nitrogens with zero attached hydrogens (tertiary/aromatic N) is 6. The summed E-state index contributed by atoms with van der Waals surface area (Å²) in [5.41, 5.74) is 4.01. The Morgan fingerprint density at radius 3 is 2.82 bits per heavy atom. The fraction of sp³-hybridized carbons (Fsp3) is 0.107. The van der Waals surface area contributed by atoms with Crippen LogP contribution >= 0.6 is 0 Å². The Balaban J connectivity index is 1.34. The molecule has 10 heteroatoms. The fourth-order valence-electron chi connectivity index (χ4n) is 3.82. The van der Waals surface area contributed by atoms with Crippen molar-refractivity contribution in [3.63, 3.8) is 0 Å². The van der Waals surface area contributed by atoms with Crippen molar-refractivity contribution in [1.82, 2.24) is 29.4 Å². The number of aromatic nitrogens is 5. The molecule has 0 atom stereocenters. The maximum Gasteiger partial charge on any atom is 0.245 e. The van der Waals surface area contributed by atoms with Gasteiger partial charge in [0, 0.05) is 38.5 Å². The largest absolute Gasteiger partial charge is 0.454 e. The van der Waals surface area contributed by atoms with Gasteiger partial charge in [0.25, 0.3) is 0 Å². The summed E-state index contributed by atoms with van der Waals surface area (Å²) in [6.45, 7) is 3.89. The zero-order valence-electron chi connectivity index (χ0n) is 20.8. The quantitative estimate of drug-likeness (QED) is 0.286. The molecule has 0 aliphatic rings. The van der Waals surface area contributed by atoms with E-state index in [2.05, 4.69) is 31.8 Å². The minimum atomic E-state index is -0.538. The van der Waals surface area contributed by atoms with E-state index >= 15 is 0 Å². The Labute approximate surface area is 217 Å². The lowest BCUT2D eigenvalue weighted by Gasteiger charge is -2.12. The van der Waals surface area contributed by atoms with Crippen LogP contribution in [0, 0.1) is 5.82 Å². The molecule has 3 heterocycles. The number of imidazole rings is 1. The molecule has 9 nitrogen and oxygen atoms in total. The Hall–Kier alpha value is -5.12. The van der Waals surface area contributed by atoms with Gasteiger partial charge in [-0.3, -0.25) is 4.79 Å². The van der Waals surface area contributed by atoms with Crippen molar-refractivity contribution in [2.24, 2.45) is 7.05 Å². The van der Waals surface area contributed by atoms with Gasteiger partial charge in [0.1, 0.15) is 17.6 Å². The minimum absolute atomic E-state index is 0.0869. The van der Waals surface area contributed by atoms with Gasteiger partial charge < -0.3 is 19.5 Å². The number of fused-ring (bicyclic) bond motifs is 2. The summed E-state index contributed by atoms with van der Waals surface area (Å²) < 4.78 is 22.6. The van der Waals surface area contributed by atoms with Crippen LogP contribution in [-0.4, -0.2) is 48.9 Å². The predicted octanol–water partition coefficient (Wildman–Crippen LogP) is 5.24. The molecule has 5 rings (SSSR count). The second-order valence-electron chi connectivity index (χ2n) is 8.53. The number of amides is 1. The van der Waals surface area contributed by atoms with Gasteiger partial charge in [0.2, 0.25) is 5.91 Å². The van der Waals surface area contributed by atoms with Crippen molar-refractivity contribution >= 4 is 45.6 Å². The first-order valence-corrected chi connectivity index (χ1v) is 11.7. The standard InChI is InChI=1S/C28H24FN7O2/c1-4-26(37)35(2)13-5-6-18-7-10-22-27(33-18)28(31-16-30-22)34-19-8-12-25(21(29)14-19)38-20-9-11-24-23(15-20)32-17-36(24)3/h4-12,14-17H,1,13H2,2-3H3,(H,30,31,34). The predicted molar refractivity (Wildman–Crippen MR) is 145 cm³/mol. The Morgan fingerprint density at radius 2 is 2.00 bits per heavy atom. The highest BCUT2D eigenvalue weighted by molar-refractivity contribution is 5.88. The summed E-state index contributed by atoms with van der Waals surface area (Å²) in [5, 5.41) is 3.12. The summed E-state index contributed by atoms with van der Waals surface area (Å²) in [4.78, 5) is 30.7. The smallest absolute Gasteiger partial charge is 0.245 e. The van der Waals surface area contributed by atoms with Crippen molar-refractivity contribution in [3.05, 3.63) is 91.4 Å². The third kappa shape index (κ3) is 5.19. The third-order valence-electron chi connectivity index (χ3n) is 5.84. The monoisotopic (exact) mass is 509 g/mol. The average molecular weight is 510 g/mol. The number of ether oxygens (including phenoxy) is 1. The van der Waals surface area contributed by atoms with E-state index in [-0.39, 0.29) is 11.7 Å². The van der Waals surface area contributed by atoms with Crippen LogP contribution in [0.25, 0.3) is 28.1 Å². The van der Waals surface area contributed by atoms with E-state index in [9.17, 15) is 9.18 Å². The summed E-state index contributed by atoms with van der Waals surface area (Å²) in [5.74, 6) is 0.298. The van der Waals surface area contributed by atoms with Crippen molar-refractivity contribution in [1.29, 1.82) is 0 Å². The minimum Gasteiger partial charge on any atom is -0.454 e. The SMILES string of the molecule is C=CC(=O)N(C)CC=Cc1ccc2ncnc(Nc3ccc(Oc4ccc5c(c4)ncn5C)c(F)c3)c2n1. The molecule has 190 valence electrons. The molecule has 0 aliphatic carbocycles. The number of likely N-dealkylation sites (N-methyl/N-ethyl adjacent to an activating group) is 1. The Bertz CT molecular complexity index is 1700. The van der Waals surface area contributed by atoms with Gasteiger partial charge >= 0.3 is 0 Å². The molecule has 5 aromatic rings. The molecule has 0 unspecified atom stereocenters. The van der Waals surface area contributed by atoms with Gasteiger partial charge in [0.05, 0.1) is 28.6 Å². The van der Waals surface area contributed by atoms with Gasteiger partial charge in [-0.05, 0) is 48.6 Å². The summed E-state index contributed by atoms with van der Waals surface area (Å²) >= 11 is 0. The zero-order chi connectivity index (χ0) is 26.6. The van der Waals surface area contributed by atoms with Crippen LogP contribution in [0.5, 0.6) is 11.5 Å². The van der Waals surface area contributed by atoms with Crippen molar-refractivity contribution in [3.8, 4) is 11.5 Å². The van der Waals surface area contributed by atoms with Gasteiger partial charge in [0.15, 0.2) is 17.4 Å². The molecule has 0 bridgehead atoms. The van der Waals surface area contributed by atoms with Gasteiger partial charge in [-0.25, -0.2) is 24.3 Å². The summed E-state index contributed by atoms with van der Waals surface area (Å²) in [7, 11) is 3.59. The van der Waals surface area contributed by atoms with Crippen molar-refractivity contribution in [2.75, 3.05) is 18.9 Å². The van der Waals surface area contributed by atoms with Crippen LogP contribution in [0.3, 0.4) is 0 Å². The molecule has 3 aromatic heterocycles. The molecular weight excluding hydrogens is 485 g/mol. The zero-order valence-corrected chi connectivity index (χ0v) is 20.8. The van der Waals surface area contributed by atoms with E-state index in [1.54, 1.807) is 43.7 Å². The molecule has 1 amide bonds. The van der Waals surface area contributed by atoms with Crippen LogP contribution in [0.4, 0.5) is 15.9 Å². The number of aryl methyl sites for hydroxylation is 1. The molecule has 0 saturated carbocycles. The lowest BCUT2D eigenvalue weighted by Crippen LogP contribution is -2.24. The maximum atomic E-state index is 14.9. The van der Waals surface area contributed by atoms with Crippen LogP contribution in [0.2, 0.25) is 0 Å². The number of pyridine rings is 1. The van der Waals surface area contributed by atoms with E-state index in [0.717, 1.165) is 11.0 Å². The molecule has 1 N–H and O–H groups in total. The number of benzene rings is 2. The number of carbonyl (C=O) groups is 1. The van der Waals surface area contributed by atoms with E-state index < -0.39 is 5.82 Å². The first-order chi connectivity index (χ1) is 18.4. The molecular formula is C28H24FN7O2. The van der Waals surface area contributed by atoms with E-state index in [1.165, 1.54) is 23.4 Å². The molecule has 0 radical (unpaired) electrons. The molecule has 0 fully saturated rings. The summed E-state index contributed by atoms with van der Waals surface area (Å²) in [6, 6.07) is 13.6. The number of carbonyl (C=O) groups excluding carboxylic acids is 1. The highest BCUT2D eigenvalue weighted by Crippen LogP contribution is 2.30. The van der Waals surface area contributed by atoms with E-state index in [0.29, 0.717) is 40.5 Å². The van der Waals surface area contributed by atoms with Crippen LogP contribution in [0.1, 0.15) is 5.69 Å². The van der Waals surface area contributed by atoms with Crippen molar-refractivity contribution < 1.29 is 13.9 Å². The lowest BCUT2D eigenvalue weighted by atomic mass is 10.2. The normalized spacial score (nSPS) is 11.2. The van der Waals surface area contributed by atoms with Crippen molar-refractivity contribution in [2.45, 2.75) is 0 Å². The highest BCUT2D eigenvalue weighted by Gasteiger charge is 2.11. The number of halogens is 1. The number of hydrogen-bond donors (Lipinski definition) is 1. The molecule has 38 heavy (non-hydrogen) atoms. The molecule has 0 aliphatic heterocycles. The number of hydrogen-bond acceptors (Lipinski definition) is 7. The third-order valence-corrected chi connectivity index (χ3v) is 5.84. The number of nitrogens with one attached hydrogen (secondary N) is 1. The van der Waals surface area contributed by atoms with Crippen LogP contribution in [0.15, 0.2) is 79.9 Å².